The van der Waals surface area contributed by atoms with Crippen molar-refractivity contribution < 1.29 is 14.7 Å². The highest BCUT2D eigenvalue weighted by molar-refractivity contribution is 6.08. The van der Waals surface area contributed by atoms with Crippen LogP contribution in [0.2, 0.25) is 0 Å². The smallest absolute Gasteiger partial charge is 0.337 e. The third-order valence-corrected chi connectivity index (χ3v) is 3.75. The summed E-state index contributed by atoms with van der Waals surface area (Å²) in [5.41, 5.74) is 8.52. The number of amides is 1. The topological polar surface area (TPSA) is 92.4 Å². The molecule has 0 fully saturated rings. The van der Waals surface area contributed by atoms with Crippen molar-refractivity contribution in [3.8, 4) is 11.1 Å². The molecule has 3 aromatic carbocycles. The van der Waals surface area contributed by atoms with Gasteiger partial charge in [-0.15, -0.1) is 0 Å². The van der Waals surface area contributed by atoms with Crippen LogP contribution < -0.4 is 11.1 Å². The third kappa shape index (κ3) is 5.45. The molecule has 144 valence electrons. The number of hydrogen-bond acceptors (Lipinski definition) is 3. The number of nitrogens with two attached hydrogens (primary N) is 1. The summed E-state index contributed by atoms with van der Waals surface area (Å²) in [5.74, 6) is -1.53. The molecule has 5 heteroatoms. The zero-order valence-electron chi connectivity index (χ0n) is 16.0. The molecule has 4 N–H and O–H groups in total. The van der Waals surface area contributed by atoms with E-state index in [0.717, 1.165) is 11.1 Å². The summed E-state index contributed by atoms with van der Waals surface area (Å²) in [6.45, 7) is 4.25. The Morgan fingerprint density at radius 1 is 0.893 bits per heavy atom. The van der Waals surface area contributed by atoms with Crippen molar-refractivity contribution >= 4 is 23.3 Å². The summed E-state index contributed by atoms with van der Waals surface area (Å²) in [6, 6.07) is 20.9. The highest BCUT2D eigenvalue weighted by Gasteiger charge is 2.15. The molecule has 0 saturated heterocycles. The van der Waals surface area contributed by atoms with Gasteiger partial charge in [-0.2, -0.15) is 0 Å². The van der Waals surface area contributed by atoms with E-state index >= 15 is 0 Å². The lowest BCUT2D eigenvalue weighted by Crippen LogP contribution is -2.15. The van der Waals surface area contributed by atoms with Crippen molar-refractivity contribution in [2.45, 2.75) is 20.3 Å². The molecule has 0 bridgehead atoms. The van der Waals surface area contributed by atoms with Crippen LogP contribution in [0.3, 0.4) is 0 Å². The van der Waals surface area contributed by atoms with Crippen molar-refractivity contribution in [1.82, 2.24) is 0 Å². The molecular formula is C23H24N2O3. The number of benzene rings is 3. The van der Waals surface area contributed by atoms with Crippen LogP contribution in [0.15, 0.2) is 72.8 Å². The zero-order chi connectivity index (χ0) is 20.5. The van der Waals surface area contributed by atoms with E-state index in [1.807, 2.05) is 30.3 Å². The molecule has 0 spiro atoms. The summed E-state index contributed by atoms with van der Waals surface area (Å²) in [5, 5.41) is 12.1. The van der Waals surface area contributed by atoms with E-state index < -0.39 is 11.9 Å². The molecular weight excluding hydrogens is 352 g/mol. The summed E-state index contributed by atoms with van der Waals surface area (Å²) in [7, 11) is 0. The van der Waals surface area contributed by atoms with Crippen LogP contribution in [0.1, 0.15) is 41.0 Å². The number of carbonyl (C=O) groups is 2. The maximum Gasteiger partial charge on any atom is 0.337 e. The molecule has 0 aliphatic rings. The largest absolute Gasteiger partial charge is 0.478 e. The second-order valence-corrected chi connectivity index (χ2v) is 6.22. The lowest BCUT2D eigenvalue weighted by Gasteiger charge is -2.11. The number of aromatic carboxylic acids is 1. The van der Waals surface area contributed by atoms with Crippen LogP contribution in [-0.4, -0.2) is 17.0 Å². The number of anilines is 2. The monoisotopic (exact) mass is 376 g/mol. The van der Waals surface area contributed by atoms with Gasteiger partial charge in [-0.3, -0.25) is 4.79 Å². The van der Waals surface area contributed by atoms with Crippen molar-refractivity contribution in [1.29, 1.82) is 0 Å². The Balaban J connectivity index is 0.000000878. The van der Waals surface area contributed by atoms with Gasteiger partial charge in [0.15, 0.2) is 0 Å². The Labute approximate surface area is 164 Å². The molecule has 28 heavy (non-hydrogen) atoms. The van der Waals surface area contributed by atoms with E-state index in [9.17, 15) is 14.7 Å². The maximum absolute atomic E-state index is 12.4. The van der Waals surface area contributed by atoms with Crippen molar-refractivity contribution in [3.05, 3.63) is 83.9 Å². The van der Waals surface area contributed by atoms with Gasteiger partial charge in [-0.1, -0.05) is 62.7 Å². The number of carboxylic acids is 1. The fraction of sp³-hybridized carbons (Fsp3) is 0.130. The van der Waals surface area contributed by atoms with E-state index in [0.29, 0.717) is 11.3 Å². The number of rotatable bonds is 4. The van der Waals surface area contributed by atoms with E-state index in [2.05, 4.69) is 19.2 Å². The molecule has 3 rings (SSSR count). The quantitative estimate of drug-likeness (QED) is 0.539. The van der Waals surface area contributed by atoms with Gasteiger partial charge in [0.05, 0.1) is 11.3 Å². The molecule has 0 saturated carbocycles. The average molecular weight is 376 g/mol. The standard InChI is InChI=1S/C20H16N2O3.C3H8/c21-16-8-4-7-15(11-16)19(23)22-18-12-14(9-10-17(18)20(24)25)13-5-2-1-3-6-13;1-3-2/h1-12H,21H2,(H,22,23)(H,24,25);3H2,1-2H3. The van der Waals surface area contributed by atoms with Crippen LogP contribution in [0, 0.1) is 0 Å². The van der Waals surface area contributed by atoms with Crippen LogP contribution in [0.4, 0.5) is 11.4 Å². The number of hydrogen-bond donors (Lipinski definition) is 3. The minimum atomic E-state index is -1.11. The Bertz CT molecular complexity index is 953. The fourth-order valence-electron chi connectivity index (χ4n) is 2.52. The summed E-state index contributed by atoms with van der Waals surface area (Å²) in [6.07, 6.45) is 1.25. The van der Waals surface area contributed by atoms with Crippen molar-refractivity contribution in [3.63, 3.8) is 0 Å². The number of carboxylic acid groups (broad SMARTS) is 1. The van der Waals surface area contributed by atoms with Gasteiger partial charge in [0.1, 0.15) is 0 Å². The van der Waals surface area contributed by atoms with Crippen LogP contribution >= 0.6 is 0 Å². The molecule has 0 aliphatic heterocycles. The minimum Gasteiger partial charge on any atom is -0.478 e. The van der Waals surface area contributed by atoms with Gasteiger partial charge in [0.2, 0.25) is 0 Å². The second kappa shape index (κ2) is 9.92. The summed E-state index contributed by atoms with van der Waals surface area (Å²) in [4.78, 5) is 23.9. The van der Waals surface area contributed by atoms with Gasteiger partial charge in [-0.25, -0.2) is 4.79 Å². The molecule has 0 heterocycles. The first-order chi connectivity index (χ1) is 13.5. The van der Waals surface area contributed by atoms with Crippen molar-refractivity contribution in [2.24, 2.45) is 0 Å². The molecule has 0 aromatic heterocycles. The fourth-order valence-corrected chi connectivity index (χ4v) is 2.52. The normalized spacial score (nSPS) is 9.79. The highest BCUT2D eigenvalue weighted by atomic mass is 16.4. The van der Waals surface area contributed by atoms with Crippen LogP contribution in [0.25, 0.3) is 11.1 Å². The van der Waals surface area contributed by atoms with Crippen LogP contribution in [-0.2, 0) is 0 Å². The Morgan fingerprint density at radius 2 is 1.57 bits per heavy atom. The predicted molar refractivity (Wildman–Crippen MR) is 114 cm³/mol. The minimum absolute atomic E-state index is 0.0249. The average Bonchev–Trinajstić information content (AvgIpc) is 2.69. The zero-order valence-corrected chi connectivity index (χ0v) is 16.0. The molecule has 1 amide bonds. The first kappa shape index (κ1) is 20.7. The van der Waals surface area contributed by atoms with Crippen molar-refractivity contribution in [2.75, 3.05) is 11.1 Å². The third-order valence-electron chi connectivity index (χ3n) is 3.75. The van der Waals surface area contributed by atoms with Gasteiger partial charge in [-0.05, 0) is 41.5 Å². The SMILES string of the molecule is CCC.Nc1cccc(C(=O)Nc2cc(-c3ccccc3)ccc2C(=O)O)c1. The van der Waals surface area contributed by atoms with E-state index in [-0.39, 0.29) is 11.3 Å². The Hall–Kier alpha value is -3.60. The Morgan fingerprint density at radius 3 is 2.18 bits per heavy atom. The molecule has 0 radical (unpaired) electrons. The van der Waals surface area contributed by atoms with E-state index in [4.69, 9.17) is 5.73 Å². The number of nitrogens with one attached hydrogen (secondary N) is 1. The van der Waals surface area contributed by atoms with Crippen LogP contribution in [0.5, 0.6) is 0 Å². The lowest BCUT2D eigenvalue weighted by molar-refractivity contribution is 0.0698. The predicted octanol–water partition coefficient (Wildman–Crippen LogP) is 5.30. The highest BCUT2D eigenvalue weighted by Crippen LogP contribution is 2.26. The van der Waals surface area contributed by atoms with Gasteiger partial charge < -0.3 is 16.2 Å². The molecule has 0 atom stereocenters. The first-order valence-electron chi connectivity index (χ1n) is 9.05. The van der Waals surface area contributed by atoms with E-state index in [1.165, 1.54) is 18.6 Å². The maximum atomic E-state index is 12.4. The molecule has 0 unspecified atom stereocenters. The Kier molecular flexibility index (Phi) is 7.34. The number of nitrogen functional groups attached to an aromatic ring is 1. The number of carbonyl (C=O) groups excluding carboxylic acids is 1. The summed E-state index contributed by atoms with van der Waals surface area (Å²) < 4.78 is 0. The molecule has 5 nitrogen and oxygen atoms in total. The van der Waals surface area contributed by atoms with Gasteiger partial charge in [0, 0.05) is 11.3 Å². The summed E-state index contributed by atoms with van der Waals surface area (Å²) >= 11 is 0. The first-order valence-corrected chi connectivity index (χ1v) is 9.05. The molecule has 0 aliphatic carbocycles. The van der Waals surface area contributed by atoms with E-state index in [1.54, 1.807) is 30.3 Å². The van der Waals surface area contributed by atoms with Gasteiger partial charge >= 0.3 is 5.97 Å². The molecule has 3 aromatic rings. The van der Waals surface area contributed by atoms with Gasteiger partial charge in [0.25, 0.3) is 5.91 Å². The lowest BCUT2D eigenvalue weighted by atomic mass is 10.0. The second-order valence-electron chi connectivity index (χ2n) is 6.22.